The molecule has 0 unspecified atom stereocenters. The molecule has 3 aromatic rings. The number of aromatic amines is 1. The van der Waals surface area contributed by atoms with Gasteiger partial charge < -0.3 is 15.2 Å². The number of fused-ring (bicyclic) bond motifs is 1. The number of aromatic nitrogens is 2. The number of nitrogens with one attached hydrogen (secondary N) is 2. The lowest BCUT2D eigenvalue weighted by Crippen LogP contribution is -2.29. The van der Waals surface area contributed by atoms with Gasteiger partial charge in [0, 0.05) is 6.54 Å². The monoisotopic (exact) mass is 385 g/mol. The van der Waals surface area contributed by atoms with Crippen molar-refractivity contribution in [2.45, 2.75) is 13.5 Å². The second-order valence-electron chi connectivity index (χ2n) is 6.42. The van der Waals surface area contributed by atoms with Gasteiger partial charge in [-0.25, -0.2) is 4.98 Å². The summed E-state index contributed by atoms with van der Waals surface area (Å²) in [7, 11) is 0. The molecule has 0 saturated carbocycles. The number of nitriles is 1. The summed E-state index contributed by atoms with van der Waals surface area (Å²) in [5.41, 5.74) is 2.35. The Labute approximate surface area is 168 Å². The molecule has 3 rings (SSSR count). The quantitative estimate of drug-likeness (QED) is 0.500. The lowest BCUT2D eigenvalue weighted by molar-refractivity contribution is 0.0959. The van der Waals surface area contributed by atoms with Crippen molar-refractivity contribution < 1.29 is 4.79 Å². The molecule has 1 amide bonds. The lowest BCUT2D eigenvalue weighted by Gasteiger charge is -2.25. The van der Waals surface area contributed by atoms with E-state index in [9.17, 15) is 9.59 Å². The predicted octanol–water partition coefficient (Wildman–Crippen LogP) is 2.12. The van der Waals surface area contributed by atoms with Crippen LogP contribution in [0, 0.1) is 30.6 Å². The van der Waals surface area contributed by atoms with E-state index in [1.165, 1.54) is 0 Å². The molecule has 0 radical (unpaired) electrons. The maximum absolute atomic E-state index is 12.4. The minimum atomic E-state index is -0.348. The summed E-state index contributed by atoms with van der Waals surface area (Å²) >= 11 is 0. The third kappa shape index (κ3) is 4.42. The van der Waals surface area contributed by atoms with E-state index >= 15 is 0 Å². The molecule has 0 fully saturated rings. The number of terminal acetylenes is 1. The van der Waals surface area contributed by atoms with Gasteiger partial charge in [-0.05, 0) is 36.8 Å². The van der Waals surface area contributed by atoms with E-state index in [0.717, 1.165) is 5.56 Å². The van der Waals surface area contributed by atoms with Crippen LogP contribution < -0.4 is 15.8 Å². The molecule has 2 aromatic carbocycles. The summed E-state index contributed by atoms with van der Waals surface area (Å²) in [4.78, 5) is 33.6. The number of hydrogen-bond acceptors (Lipinski definition) is 5. The third-order valence-electron chi connectivity index (χ3n) is 4.36. The number of para-hydroxylation sites is 1. The van der Waals surface area contributed by atoms with Crippen molar-refractivity contribution >= 4 is 22.5 Å². The minimum absolute atomic E-state index is 0.0812. The second kappa shape index (κ2) is 8.73. The molecule has 0 atom stereocenters. The zero-order chi connectivity index (χ0) is 20.8. The zero-order valence-electron chi connectivity index (χ0n) is 15.9. The summed E-state index contributed by atoms with van der Waals surface area (Å²) in [5, 5.41) is 11.8. The number of rotatable bonds is 6. The summed E-state index contributed by atoms with van der Waals surface area (Å²) < 4.78 is 0. The number of anilines is 1. The number of carbonyl (C=O) groups excluding carboxylic acids is 1. The Morgan fingerprint density at radius 2 is 2.10 bits per heavy atom. The number of nitrogens with zero attached hydrogens (tertiary/aromatic N) is 3. The smallest absolute Gasteiger partial charge is 0.258 e. The number of hydrogen-bond donors (Lipinski definition) is 2. The van der Waals surface area contributed by atoms with Crippen LogP contribution in [0.2, 0.25) is 0 Å². The minimum Gasteiger partial charge on any atom is -0.355 e. The fourth-order valence-electron chi connectivity index (χ4n) is 3.11. The van der Waals surface area contributed by atoms with Gasteiger partial charge in [-0.2, -0.15) is 5.26 Å². The Morgan fingerprint density at radius 1 is 1.31 bits per heavy atom. The lowest BCUT2D eigenvalue weighted by atomic mass is 10.1. The summed E-state index contributed by atoms with van der Waals surface area (Å²) in [6, 6.07) is 14.4. The van der Waals surface area contributed by atoms with Gasteiger partial charge in [0.2, 0.25) is 0 Å². The molecular weight excluding hydrogens is 366 g/mol. The molecule has 1 heterocycles. The van der Waals surface area contributed by atoms with Gasteiger partial charge in [0.25, 0.3) is 11.5 Å². The molecule has 0 aliphatic heterocycles. The fourth-order valence-corrected chi connectivity index (χ4v) is 3.11. The summed E-state index contributed by atoms with van der Waals surface area (Å²) in [6.45, 7) is 2.32. The number of aryl methyl sites for hydroxylation is 1. The van der Waals surface area contributed by atoms with Crippen LogP contribution >= 0.6 is 0 Å². The van der Waals surface area contributed by atoms with Gasteiger partial charge in [0.1, 0.15) is 12.4 Å². The molecule has 0 spiro atoms. The first-order valence-corrected chi connectivity index (χ1v) is 8.95. The van der Waals surface area contributed by atoms with Crippen LogP contribution in [-0.2, 0) is 6.54 Å². The van der Waals surface area contributed by atoms with Gasteiger partial charge in [0.05, 0.1) is 34.8 Å². The van der Waals surface area contributed by atoms with Crippen molar-refractivity contribution in [1.82, 2.24) is 15.3 Å². The molecule has 0 saturated heterocycles. The normalized spacial score (nSPS) is 10.2. The Bertz CT molecular complexity index is 1200. The van der Waals surface area contributed by atoms with Crippen molar-refractivity contribution in [3.8, 4) is 18.4 Å². The van der Waals surface area contributed by atoms with Crippen molar-refractivity contribution in [3.63, 3.8) is 0 Å². The van der Waals surface area contributed by atoms with Crippen LogP contribution in [0.1, 0.15) is 21.7 Å². The van der Waals surface area contributed by atoms with Crippen LogP contribution in [0.25, 0.3) is 10.9 Å². The van der Waals surface area contributed by atoms with E-state index in [1.807, 2.05) is 23.1 Å². The molecule has 1 aromatic heterocycles. The zero-order valence-corrected chi connectivity index (χ0v) is 15.9. The highest BCUT2D eigenvalue weighted by atomic mass is 16.1. The maximum Gasteiger partial charge on any atom is 0.258 e. The van der Waals surface area contributed by atoms with E-state index < -0.39 is 0 Å². The molecule has 7 heteroatoms. The molecular formula is C22H19N5O2. The van der Waals surface area contributed by atoms with E-state index in [1.54, 1.807) is 37.3 Å². The largest absolute Gasteiger partial charge is 0.355 e. The van der Waals surface area contributed by atoms with Gasteiger partial charge in [-0.3, -0.25) is 9.59 Å². The highest BCUT2D eigenvalue weighted by Gasteiger charge is 2.16. The number of H-pyrrole nitrogens is 1. The van der Waals surface area contributed by atoms with Gasteiger partial charge in [-0.1, -0.05) is 24.1 Å². The van der Waals surface area contributed by atoms with Crippen LogP contribution in [-0.4, -0.2) is 29.0 Å². The number of amides is 1. The van der Waals surface area contributed by atoms with Crippen LogP contribution in [0.3, 0.4) is 0 Å². The third-order valence-corrected chi connectivity index (χ3v) is 4.36. The summed E-state index contributed by atoms with van der Waals surface area (Å²) in [6.07, 6.45) is 5.56. The Hall–Kier alpha value is -4.10. The molecule has 0 aliphatic carbocycles. The van der Waals surface area contributed by atoms with Crippen molar-refractivity contribution in [3.05, 3.63) is 69.8 Å². The average molecular weight is 385 g/mol. The summed E-state index contributed by atoms with van der Waals surface area (Å²) in [5.74, 6) is 2.82. The molecule has 144 valence electrons. The fraction of sp³-hybridized carbons (Fsp3) is 0.182. The maximum atomic E-state index is 12.4. The molecule has 0 aliphatic rings. The van der Waals surface area contributed by atoms with Gasteiger partial charge in [0.15, 0.2) is 0 Å². The van der Waals surface area contributed by atoms with Crippen molar-refractivity contribution in [2.24, 2.45) is 0 Å². The highest BCUT2D eigenvalue weighted by Crippen LogP contribution is 2.23. The van der Waals surface area contributed by atoms with Crippen LogP contribution in [0.15, 0.2) is 47.3 Å². The van der Waals surface area contributed by atoms with Crippen LogP contribution in [0.4, 0.5) is 5.69 Å². The Balaban J connectivity index is 1.97. The molecule has 29 heavy (non-hydrogen) atoms. The molecule has 7 nitrogen and oxygen atoms in total. The average Bonchev–Trinajstić information content (AvgIpc) is 2.72. The van der Waals surface area contributed by atoms with Crippen LogP contribution in [0.5, 0.6) is 0 Å². The van der Waals surface area contributed by atoms with Gasteiger partial charge in [-0.15, -0.1) is 6.42 Å². The highest BCUT2D eigenvalue weighted by molar-refractivity contribution is 6.00. The first kappa shape index (κ1) is 19.7. The van der Waals surface area contributed by atoms with Crippen molar-refractivity contribution in [2.75, 3.05) is 18.0 Å². The first-order chi connectivity index (χ1) is 14.0. The van der Waals surface area contributed by atoms with E-state index in [0.29, 0.717) is 34.5 Å². The topological polar surface area (TPSA) is 102 Å². The predicted molar refractivity (Wildman–Crippen MR) is 111 cm³/mol. The van der Waals surface area contributed by atoms with E-state index in [2.05, 4.69) is 21.2 Å². The molecule has 2 N–H and O–H groups in total. The van der Waals surface area contributed by atoms with E-state index in [-0.39, 0.29) is 24.6 Å². The standard InChI is InChI=1S/C22H19N5O2/c1-3-12-27(20-7-5-4-6-17(20)21(28)24-11-10-23)14-16-8-9-19-18(13-16)22(29)26-15(2)25-19/h1,4-9,13H,11-12,14H2,2H3,(H,24,28)(H,25,26,29). The van der Waals surface area contributed by atoms with Crippen molar-refractivity contribution in [1.29, 1.82) is 5.26 Å². The Morgan fingerprint density at radius 3 is 2.86 bits per heavy atom. The number of benzene rings is 2. The SMILES string of the molecule is C#CCN(Cc1ccc2nc(C)[nH]c(=O)c2c1)c1ccccc1C(=O)NCC#N. The van der Waals surface area contributed by atoms with E-state index in [4.69, 9.17) is 11.7 Å². The number of carbonyl (C=O) groups is 1. The first-order valence-electron chi connectivity index (χ1n) is 8.95. The Kier molecular flexibility index (Phi) is 5.91. The van der Waals surface area contributed by atoms with Gasteiger partial charge >= 0.3 is 0 Å². The second-order valence-corrected chi connectivity index (χ2v) is 6.42. The molecule has 0 bridgehead atoms.